The van der Waals surface area contributed by atoms with Crippen LogP contribution < -0.4 is 0 Å². The number of benzene rings is 2. The number of carbonyl (C=O) groups is 2. The van der Waals surface area contributed by atoms with Crippen LogP contribution in [0.1, 0.15) is 55.2 Å². The van der Waals surface area contributed by atoms with Gasteiger partial charge in [0.25, 0.3) is 0 Å². The molecule has 3 aromatic rings. The van der Waals surface area contributed by atoms with Crippen molar-refractivity contribution in [1.82, 2.24) is 4.98 Å². The minimum absolute atomic E-state index is 0.0482. The summed E-state index contributed by atoms with van der Waals surface area (Å²) in [5.74, 6) is -0.565. The Balaban J connectivity index is 2.24. The van der Waals surface area contributed by atoms with E-state index < -0.39 is 11.9 Å². The predicted octanol–water partition coefficient (Wildman–Crippen LogP) is 4.95. The monoisotopic (exact) mass is 409 g/mol. The molecule has 30 heavy (non-hydrogen) atoms. The molecule has 6 heteroatoms. The number of hydrogen-bond donors (Lipinski definition) is 2. The number of aromatic nitrogens is 1. The molecular formula is C24H27NO5. The van der Waals surface area contributed by atoms with Crippen molar-refractivity contribution in [1.29, 1.82) is 0 Å². The first kappa shape index (κ1) is 21.4. The Kier molecular flexibility index (Phi) is 6.45. The number of esters is 2. The zero-order chi connectivity index (χ0) is 21.8. The number of aromatic amines is 1. The topological polar surface area (TPSA) is 88.6 Å². The average Bonchev–Trinajstić information content (AvgIpc) is 3.06. The van der Waals surface area contributed by atoms with Gasteiger partial charge < -0.3 is 19.6 Å². The van der Waals surface area contributed by atoms with Crippen LogP contribution in [-0.2, 0) is 20.7 Å². The molecule has 6 nitrogen and oxygen atoms in total. The molecule has 0 radical (unpaired) electrons. The van der Waals surface area contributed by atoms with Crippen LogP contribution in [0, 0.1) is 0 Å². The van der Waals surface area contributed by atoms with Crippen molar-refractivity contribution < 1.29 is 24.2 Å². The molecule has 0 saturated heterocycles. The Labute approximate surface area is 175 Å². The summed E-state index contributed by atoms with van der Waals surface area (Å²) in [5.41, 5.74) is 3.77. The van der Waals surface area contributed by atoms with Gasteiger partial charge in [0.05, 0.1) is 25.2 Å². The SMILES string of the molecule is CCOC(=O)Cc1[nH]c2ccc(O)c(-c3ccc(C(C)C)cc3)c2c1C(=O)OCC. The number of hydrogen-bond acceptors (Lipinski definition) is 5. The maximum absolute atomic E-state index is 12.8. The van der Waals surface area contributed by atoms with Gasteiger partial charge in [-0.15, -0.1) is 0 Å². The first-order valence-electron chi connectivity index (χ1n) is 10.2. The van der Waals surface area contributed by atoms with E-state index in [-0.39, 0.29) is 30.9 Å². The zero-order valence-corrected chi connectivity index (χ0v) is 17.7. The van der Waals surface area contributed by atoms with E-state index in [0.29, 0.717) is 28.1 Å². The Morgan fingerprint density at radius 3 is 2.27 bits per heavy atom. The summed E-state index contributed by atoms with van der Waals surface area (Å²) in [4.78, 5) is 28.1. The summed E-state index contributed by atoms with van der Waals surface area (Å²) in [7, 11) is 0. The van der Waals surface area contributed by atoms with E-state index in [9.17, 15) is 14.7 Å². The van der Waals surface area contributed by atoms with Gasteiger partial charge in [-0.25, -0.2) is 4.79 Å². The fourth-order valence-corrected chi connectivity index (χ4v) is 3.58. The Hall–Kier alpha value is -3.28. The minimum Gasteiger partial charge on any atom is -0.507 e. The molecule has 0 unspecified atom stereocenters. The third kappa shape index (κ3) is 4.17. The lowest BCUT2D eigenvalue weighted by molar-refractivity contribution is -0.142. The largest absolute Gasteiger partial charge is 0.507 e. The number of phenols is 1. The van der Waals surface area contributed by atoms with Gasteiger partial charge in [0.2, 0.25) is 0 Å². The number of rotatable bonds is 7. The van der Waals surface area contributed by atoms with Gasteiger partial charge in [0.1, 0.15) is 5.75 Å². The third-order valence-electron chi connectivity index (χ3n) is 4.99. The molecule has 1 heterocycles. The van der Waals surface area contributed by atoms with Crippen molar-refractivity contribution in [2.24, 2.45) is 0 Å². The summed E-state index contributed by atoms with van der Waals surface area (Å²) in [6.45, 7) is 8.12. The number of phenolic OH excluding ortho intramolecular Hbond substituents is 1. The van der Waals surface area contributed by atoms with E-state index in [0.717, 1.165) is 5.56 Å². The Morgan fingerprint density at radius 1 is 1.00 bits per heavy atom. The maximum atomic E-state index is 12.8. The smallest absolute Gasteiger partial charge is 0.340 e. The van der Waals surface area contributed by atoms with Crippen molar-refractivity contribution in [3.05, 3.63) is 53.2 Å². The van der Waals surface area contributed by atoms with E-state index in [1.807, 2.05) is 24.3 Å². The predicted molar refractivity (Wildman–Crippen MR) is 116 cm³/mol. The molecule has 0 aliphatic rings. The maximum Gasteiger partial charge on any atom is 0.340 e. The molecule has 158 valence electrons. The second-order valence-corrected chi connectivity index (χ2v) is 7.34. The van der Waals surface area contributed by atoms with E-state index in [1.165, 1.54) is 5.56 Å². The van der Waals surface area contributed by atoms with Crippen LogP contribution in [0.25, 0.3) is 22.0 Å². The normalized spacial score (nSPS) is 11.1. The molecule has 2 N–H and O–H groups in total. The van der Waals surface area contributed by atoms with Crippen LogP contribution in [-0.4, -0.2) is 35.2 Å². The average molecular weight is 409 g/mol. The van der Waals surface area contributed by atoms with E-state index in [1.54, 1.807) is 26.0 Å². The molecule has 0 spiro atoms. The number of nitrogens with one attached hydrogen (secondary N) is 1. The van der Waals surface area contributed by atoms with E-state index >= 15 is 0 Å². The summed E-state index contributed by atoms with van der Waals surface area (Å²) in [6.07, 6.45) is -0.0941. The van der Waals surface area contributed by atoms with Gasteiger partial charge in [-0.2, -0.15) is 0 Å². The first-order valence-corrected chi connectivity index (χ1v) is 10.2. The van der Waals surface area contributed by atoms with Gasteiger partial charge in [0.15, 0.2) is 0 Å². The van der Waals surface area contributed by atoms with Crippen LogP contribution >= 0.6 is 0 Å². The molecule has 0 fully saturated rings. The highest BCUT2D eigenvalue weighted by Crippen LogP contribution is 2.40. The lowest BCUT2D eigenvalue weighted by Crippen LogP contribution is -2.13. The molecule has 0 atom stereocenters. The molecule has 3 rings (SSSR count). The van der Waals surface area contributed by atoms with Crippen molar-refractivity contribution in [3.8, 4) is 16.9 Å². The van der Waals surface area contributed by atoms with Crippen LogP contribution in [0.15, 0.2) is 36.4 Å². The van der Waals surface area contributed by atoms with Crippen molar-refractivity contribution in [2.75, 3.05) is 13.2 Å². The number of ether oxygens (including phenoxy) is 2. The number of fused-ring (bicyclic) bond motifs is 1. The Bertz CT molecular complexity index is 1060. The van der Waals surface area contributed by atoms with Gasteiger partial charge in [-0.3, -0.25) is 4.79 Å². The second-order valence-electron chi connectivity index (χ2n) is 7.34. The van der Waals surface area contributed by atoms with E-state index in [2.05, 4.69) is 18.8 Å². The van der Waals surface area contributed by atoms with Crippen molar-refractivity contribution in [3.63, 3.8) is 0 Å². The van der Waals surface area contributed by atoms with Gasteiger partial charge in [-0.05, 0) is 43.0 Å². The van der Waals surface area contributed by atoms with Crippen LogP contribution in [0.4, 0.5) is 0 Å². The molecule has 0 saturated carbocycles. The summed E-state index contributed by atoms with van der Waals surface area (Å²) >= 11 is 0. The van der Waals surface area contributed by atoms with Gasteiger partial charge in [0, 0.05) is 22.2 Å². The lowest BCUT2D eigenvalue weighted by atomic mass is 9.94. The molecule has 0 aliphatic carbocycles. The standard InChI is InChI=1S/C24H27NO5/c1-5-29-20(27)13-18-23(24(28)30-6-2)22-17(25-18)11-12-19(26)21(22)16-9-7-15(8-10-16)14(3)4/h7-12,14,25-26H,5-6,13H2,1-4H3. The molecule has 1 aromatic heterocycles. The number of carbonyl (C=O) groups excluding carboxylic acids is 2. The highest BCUT2D eigenvalue weighted by atomic mass is 16.5. The van der Waals surface area contributed by atoms with Crippen LogP contribution in [0.3, 0.4) is 0 Å². The molecular weight excluding hydrogens is 382 g/mol. The molecule has 0 aliphatic heterocycles. The van der Waals surface area contributed by atoms with Crippen molar-refractivity contribution in [2.45, 2.75) is 40.0 Å². The quantitative estimate of drug-likeness (QED) is 0.539. The third-order valence-corrected chi connectivity index (χ3v) is 4.99. The molecule has 0 bridgehead atoms. The van der Waals surface area contributed by atoms with Gasteiger partial charge in [-0.1, -0.05) is 38.1 Å². The molecule has 2 aromatic carbocycles. The fourth-order valence-electron chi connectivity index (χ4n) is 3.58. The fraction of sp³-hybridized carbons (Fsp3) is 0.333. The Morgan fingerprint density at radius 2 is 1.67 bits per heavy atom. The zero-order valence-electron chi connectivity index (χ0n) is 17.7. The lowest BCUT2D eigenvalue weighted by Gasteiger charge is -2.11. The van der Waals surface area contributed by atoms with E-state index in [4.69, 9.17) is 9.47 Å². The molecule has 0 amide bonds. The van der Waals surface area contributed by atoms with Crippen LogP contribution in [0.2, 0.25) is 0 Å². The highest BCUT2D eigenvalue weighted by Gasteiger charge is 2.26. The summed E-state index contributed by atoms with van der Waals surface area (Å²) < 4.78 is 10.3. The van der Waals surface area contributed by atoms with Crippen molar-refractivity contribution >= 4 is 22.8 Å². The minimum atomic E-state index is -0.548. The summed E-state index contributed by atoms with van der Waals surface area (Å²) in [6, 6.07) is 11.1. The van der Waals surface area contributed by atoms with Crippen LogP contribution in [0.5, 0.6) is 5.75 Å². The number of aromatic hydroxyl groups is 1. The highest BCUT2D eigenvalue weighted by molar-refractivity contribution is 6.13. The van der Waals surface area contributed by atoms with Gasteiger partial charge >= 0.3 is 11.9 Å². The second kappa shape index (κ2) is 9.03. The number of H-pyrrole nitrogens is 1. The first-order chi connectivity index (χ1) is 14.4. The summed E-state index contributed by atoms with van der Waals surface area (Å²) in [5, 5.41) is 11.2.